The molecule has 1 fully saturated rings. The third kappa shape index (κ3) is 5.70. The zero-order valence-electron chi connectivity index (χ0n) is 16.9. The van der Waals surface area contributed by atoms with Gasteiger partial charge in [0.25, 0.3) is 0 Å². The van der Waals surface area contributed by atoms with Crippen LogP contribution in [-0.4, -0.2) is 48.6 Å². The maximum Gasteiger partial charge on any atom is 0.218 e. The predicted octanol–water partition coefficient (Wildman–Crippen LogP) is 2.81. The molecule has 2 aromatic rings. The van der Waals surface area contributed by atoms with Crippen LogP contribution in [0.1, 0.15) is 30.9 Å². The number of rotatable bonds is 8. The number of nitrogens with zero attached hydrogens (tertiary/aromatic N) is 3. The maximum atomic E-state index is 5.32. The van der Waals surface area contributed by atoms with Crippen molar-refractivity contribution in [3.8, 4) is 5.88 Å². The lowest BCUT2D eigenvalue weighted by Crippen LogP contribution is -2.44. The van der Waals surface area contributed by atoms with Crippen LogP contribution in [0.15, 0.2) is 53.7 Å². The number of aromatic nitrogens is 1. The lowest BCUT2D eigenvalue weighted by Gasteiger charge is -2.25. The van der Waals surface area contributed by atoms with E-state index >= 15 is 0 Å². The Balaban J connectivity index is 1.57. The number of pyridine rings is 1. The Morgan fingerprint density at radius 3 is 2.86 bits per heavy atom. The van der Waals surface area contributed by atoms with Crippen molar-refractivity contribution in [1.82, 2.24) is 20.5 Å². The highest BCUT2D eigenvalue weighted by atomic mass is 16.5. The van der Waals surface area contributed by atoms with Gasteiger partial charge in [0.1, 0.15) is 0 Å². The Labute approximate surface area is 168 Å². The summed E-state index contributed by atoms with van der Waals surface area (Å²) in [5.74, 6) is 1.46. The summed E-state index contributed by atoms with van der Waals surface area (Å²) in [4.78, 5) is 11.5. The molecule has 1 aliphatic rings. The van der Waals surface area contributed by atoms with Crippen LogP contribution in [0.4, 0.5) is 0 Å². The molecular formula is C22H31N5O. The molecule has 3 rings (SSSR count). The smallest absolute Gasteiger partial charge is 0.218 e. The highest BCUT2D eigenvalue weighted by molar-refractivity contribution is 5.79. The Kier molecular flexibility index (Phi) is 7.67. The van der Waals surface area contributed by atoms with Gasteiger partial charge in [-0.25, -0.2) is 9.98 Å². The highest BCUT2D eigenvalue weighted by Gasteiger charge is 2.24. The van der Waals surface area contributed by atoms with Gasteiger partial charge in [0, 0.05) is 37.4 Å². The van der Waals surface area contributed by atoms with Crippen LogP contribution < -0.4 is 15.4 Å². The van der Waals surface area contributed by atoms with E-state index in [9.17, 15) is 0 Å². The summed E-state index contributed by atoms with van der Waals surface area (Å²) in [6, 6.07) is 15.1. The number of guanidine groups is 1. The van der Waals surface area contributed by atoms with Crippen molar-refractivity contribution in [1.29, 1.82) is 0 Å². The minimum Gasteiger partial charge on any atom is -0.481 e. The molecule has 1 atom stereocenters. The standard InChI is InChI=1S/C22H31N5O/c1-3-23-22(25-15-19-11-7-13-24-21(19)28-2)26-16-20-12-8-14-27(20)17-18-9-5-4-6-10-18/h4-7,9-11,13,20H,3,8,12,14-17H2,1-2H3,(H2,23,25,26). The molecule has 150 valence electrons. The van der Waals surface area contributed by atoms with Crippen LogP contribution in [0.25, 0.3) is 0 Å². The average Bonchev–Trinajstić information content (AvgIpc) is 3.18. The predicted molar refractivity (Wildman–Crippen MR) is 113 cm³/mol. The van der Waals surface area contributed by atoms with Gasteiger partial charge in [-0.15, -0.1) is 0 Å². The molecule has 0 amide bonds. The third-order valence-corrected chi connectivity index (χ3v) is 5.03. The molecule has 0 spiro atoms. The van der Waals surface area contributed by atoms with E-state index in [2.05, 4.69) is 57.8 Å². The first-order valence-corrected chi connectivity index (χ1v) is 10.1. The SMILES string of the molecule is CCNC(=NCc1cccnc1OC)NCC1CCCN1Cc1ccccc1. The Morgan fingerprint density at radius 1 is 1.21 bits per heavy atom. The first kappa shape index (κ1) is 20.1. The normalized spacial score (nSPS) is 17.5. The van der Waals surface area contributed by atoms with E-state index in [-0.39, 0.29) is 0 Å². The second-order valence-electron chi connectivity index (χ2n) is 7.00. The summed E-state index contributed by atoms with van der Waals surface area (Å²) in [6.07, 6.45) is 4.20. The quantitative estimate of drug-likeness (QED) is 0.544. The molecule has 0 aliphatic carbocycles. The second-order valence-corrected chi connectivity index (χ2v) is 7.00. The van der Waals surface area contributed by atoms with E-state index in [4.69, 9.17) is 9.73 Å². The number of ether oxygens (including phenoxy) is 1. The van der Waals surface area contributed by atoms with Crippen LogP contribution in [0, 0.1) is 0 Å². The van der Waals surface area contributed by atoms with Gasteiger partial charge in [-0.1, -0.05) is 36.4 Å². The third-order valence-electron chi connectivity index (χ3n) is 5.03. The number of likely N-dealkylation sites (tertiary alicyclic amines) is 1. The van der Waals surface area contributed by atoms with E-state index in [1.807, 2.05) is 12.1 Å². The summed E-state index contributed by atoms with van der Waals surface area (Å²) >= 11 is 0. The number of nitrogens with one attached hydrogen (secondary N) is 2. The summed E-state index contributed by atoms with van der Waals surface area (Å²) in [7, 11) is 1.64. The van der Waals surface area contributed by atoms with Crippen molar-refractivity contribution in [3.63, 3.8) is 0 Å². The van der Waals surface area contributed by atoms with E-state index in [0.717, 1.165) is 37.7 Å². The molecule has 2 heterocycles. The molecule has 6 heteroatoms. The first-order chi connectivity index (χ1) is 13.8. The fourth-order valence-corrected chi connectivity index (χ4v) is 3.60. The lowest BCUT2D eigenvalue weighted by molar-refractivity contribution is 0.245. The lowest BCUT2D eigenvalue weighted by atomic mass is 10.2. The molecule has 0 saturated carbocycles. The van der Waals surface area contributed by atoms with Crippen molar-refractivity contribution >= 4 is 5.96 Å². The number of hydrogen-bond donors (Lipinski definition) is 2. The summed E-state index contributed by atoms with van der Waals surface area (Å²) < 4.78 is 5.32. The molecule has 0 radical (unpaired) electrons. The highest BCUT2D eigenvalue weighted by Crippen LogP contribution is 2.19. The Morgan fingerprint density at radius 2 is 2.07 bits per heavy atom. The van der Waals surface area contributed by atoms with Gasteiger partial charge in [0.05, 0.1) is 13.7 Å². The van der Waals surface area contributed by atoms with Gasteiger partial charge in [-0.05, 0) is 37.9 Å². The van der Waals surface area contributed by atoms with E-state index in [1.165, 1.54) is 18.4 Å². The van der Waals surface area contributed by atoms with Crippen LogP contribution >= 0.6 is 0 Å². The molecule has 2 N–H and O–H groups in total. The monoisotopic (exact) mass is 381 g/mol. The van der Waals surface area contributed by atoms with Crippen LogP contribution in [0.3, 0.4) is 0 Å². The fraction of sp³-hybridized carbons (Fsp3) is 0.455. The fourth-order valence-electron chi connectivity index (χ4n) is 3.60. The zero-order chi connectivity index (χ0) is 19.6. The van der Waals surface area contributed by atoms with E-state index < -0.39 is 0 Å². The average molecular weight is 382 g/mol. The number of methoxy groups -OCH3 is 1. The second kappa shape index (κ2) is 10.7. The number of aliphatic imine (C=N–C) groups is 1. The van der Waals surface area contributed by atoms with Crippen LogP contribution in [0.2, 0.25) is 0 Å². The zero-order valence-corrected chi connectivity index (χ0v) is 16.9. The summed E-state index contributed by atoms with van der Waals surface area (Å²) in [6.45, 7) is 6.50. The molecule has 1 aliphatic heterocycles. The first-order valence-electron chi connectivity index (χ1n) is 10.1. The number of hydrogen-bond acceptors (Lipinski definition) is 4. The minimum absolute atomic E-state index is 0.525. The molecule has 6 nitrogen and oxygen atoms in total. The topological polar surface area (TPSA) is 61.8 Å². The van der Waals surface area contributed by atoms with Crippen molar-refractivity contribution in [2.45, 2.75) is 38.9 Å². The number of benzene rings is 1. The van der Waals surface area contributed by atoms with E-state index in [0.29, 0.717) is 18.5 Å². The Hall–Kier alpha value is -2.60. The summed E-state index contributed by atoms with van der Waals surface area (Å²) in [5.41, 5.74) is 2.35. The van der Waals surface area contributed by atoms with Gasteiger partial charge in [0.15, 0.2) is 5.96 Å². The summed E-state index contributed by atoms with van der Waals surface area (Å²) in [5, 5.41) is 6.86. The van der Waals surface area contributed by atoms with Gasteiger partial charge < -0.3 is 15.4 Å². The largest absolute Gasteiger partial charge is 0.481 e. The van der Waals surface area contributed by atoms with Gasteiger partial charge in [-0.2, -0.15) is 0 Å². The van der Waals surface area contributed by atoms with Gasteiger partial charge in [-0.3, -0.25) is 4.90 Å². The Bertz CT molecular complexity index is 750. The minimum atomic E-state index is 0.525. The van der Waals surface area contributed by atoms with Gasteiger partial charge >= 0.3 is 0 Å². The van der Waals surface area contributed by atoms with Crippen molar-refractivity contribution < 1.29 is 4.74 Å². The molecular weight excluding hydrogens is 350 g/mol. The van der Waals surface area contributed by atoms with Crippen LogP contribution in [0.5, 0.6) is 5.88 Å². The van der Waals surface area contributed by atoms with Crippen molar-refractivity contribution in [2.24, 2.45) is 4.99 Å². The van der Waals surface area contributed by atoms with Crippen LogP contribution in [-0.2, 0) is 13.1 Å². The van der Waals surface area contributed by atoms with Gasteiger partial charge in [0.2, 0.25) is 5.88 Å². The molecule has 1 aromatic heterocycles. The van der Waals surface area contributed by atoms with E-state index in [1.54, 1.807) is 13.3 Å². The molecule has 1 aromatic carbocycles. The van der Waals surface area contributed by atoms with Crippen molar-refractivity contribution in [2.75, 3.05) is 26.7 Å². The molecule has 0 bridgehead atoms. The molecule has 1 unspecified atom stereocenters. The molecule has 1 saturated heterocycles. The molecule has 28 heavy (non-hydrogen) atoms. The maximum absolute atomic E-state index is 5.32. The van der Waals surface area contributed by atoms with Crippen molar-refractivity contribution in [3.05, 3.63) is 59.8 Å².